The number of hydrogen-bond donors (Lipinski definition) is 3. The molecule has 0 aliphatic rings. The van der Waals surface area contributed by atoms with Crippen molar-refractivity contribution >= 4 is 21.6 Å². The van der Waals surface area contributed by atoms with E-state index in [2.05, 4.69) is 10.0 Å². The van der Waals surface area contributed by atoms with E-state index in [1.165, 1.54) is 6.07 Å². The number of carbonyl (C=O) groups excluding carboxylic acids is 1. The normalized spacial score (nSPS) is 11.3. The molecule has 1 amide bonds. The van der Waals surface area contributed by atoms with Crippen LogP contribution in [-0.4, -0.2) is 26.0 Å². The highest BCUT2D eigenvalue weighted by atomic mass is 32.2. The third-order valence-corrected chi connectivity index (χ3v) is 5.03. The molecule has 0 spiro atoms. The third-order valence-electron chi connectivity index (χ3n) is 3.48. The number of anilines is 1. The number of nitrogens with one attached hydrogen (secondary N) is 2. The number of phenolic OH excluding ortho intramolecular Hbond substituents is 1. The van der Waals surface area contributed by atoms with Crippen LogP contribution in [0.2, 0.25) is 0 Å². The van der Waals surface area contributed by atoms with Crippen molar-refractivity contribution in [3.05, 3.63) is 53.1 Å². The SMILES string of the molecule is Cc1ccc(NC(=O)CNS(=O)(=O)c2cc(C)ccc2C)c(O)c1. The number of carbonyl (C=O) groups is 1. The number of phenols is 1. The fourth-order valence-electron chi connectivity index (χ4n) is 2.18. The zero-order valence-corrected chi connectivity index (χ0v) is 14.6. The maximum atomic E-state index is 12.3. The molecule has 128 valence electrons. The molecule has 0 atom stereocenters. The van der Waals surface area contributed by atoms with Crippen LogP contribution in [0.25, 0.3) is 0 Å². The number of amides is 1. The molecule has 0 bridgehead atoms. The second-order valence-electron chi connectivity index (χ2n) is 5.66. The molecule has 2 aromatic rings. The van der Waals surface area contributed by atoms with Gasteiger partial charge in [-0.25, -0.2) is 13.1 Å². The monoisotopic (exact) mass is 348 g/mol. The average Bonchev–Trinajstić information content (AvgIpc) is 2.50. The molecule has 2 rings (SSSR count). The third kappa shape index (κ3) is 4.33. The molecule has 2 aromatic carbocycles. The second kappa shape index (κ2) is 7.02. The molecule has 3 N–H and O–H groups in total. The molecule has 0 aliphatic carbocycles. The van der Waals surface area contributed by atoms with Gasteiger partial charge in [0, 0.05) is 0 Å². The van der Waals surface area contributed by atoms with Crippen LogP contribution in [0.15, 0.2) is 41.3 Å². The van der Waals surface area contributed by atoms with Gasteiger partial charge in [-0.2, -0.15) is 0 Å². The highest BCUT2D eigenvalue weighted by molar-refractivity contribution is 7.89. The smallest absolute Gasteiger partial charge is 0.241 e. The Morgan fingerprint density at radius 3 is 2.33 bits per heavy atom. The lowest BCUT2D eigenvalue weighted by molar-refractivity contribution is -0.115. The molecule has 0 radical (unpaired) electrons. The van der Waals surface area contributed by atoms with Crippen molar-refractivity contribution in [1.29, 1.82) is 0 Å². The highest BCUT2D eigenvalue weighted by Crippen LogP contribution is 2.23. The fraction of sp³-hybridized carbons (Fsp3) is 0.235. The number of rotatable bonds is 5. The molecule has 0 saturated heterocycles. The van der Waals surface area contributed by atoms with Crippen LogP contribution in [0.4, 0.5) is 5.69 Å². The van der Waals surface area contributed by atoms with E-state index in [9.17, 15) is 18.3 Å². The van der Waals surface area contributed by atoms with Crippen LogP contribution in [0.1, 0.15) is 16.7 Å². The van der Waals surface area contributed by atoms with Gasteiger partial charge in [-0.05, 0) is 55.7 Å². The average molecular weight is 348 g/mol. The summed E-state index contributed by atoms with van der Waals surface area (Å²) in [4.78, 5) is 12.1. The van der Waals surface area contributed by atoms with Gasteiger partial charge >= 0.3 is 0 Å². The van der Waals surface area contributed by atoms with Gasteiger partial charge in [-0.15, -0.1) is 0 Å². The standard InChI is InChI=1S/C17H20N2O4S/c1-11-5-7-14(15(20)8-11)19-17(21)10-18-24(22,23)16-9-12(2)4-6-13(16)3/h4-9,18,20H,10H2,1-3H3,(H,19,21). The van der Waals surface area contributed by atoms with Crippen molar-refractivity contribution < 1.29 is 18.3 Å². The number of aryl methyl sites for hydroxylation is 3. The minimum Gasteiger partial charge on any atom is -0.506 e. The van der Waals surface area contributed by atoms with E-state index in [4.69, 9.17) is 0 Å². The van der Waals surface area contributed by atoms with Gasteiger partial charge in [0.15, 0.2) is 0 Å². The predicted octanol–water partition coefficient (Wildman–Crippen LogP) is 2.23. The van der Waals surface area contributed by atoms with Gasteiger partial charge < -0.3 is 10.4 Å². The van der Waals surface area contributed by atoms with E-state index in [1.54, 1.807) is 38.1 Å². The number of benzene rings is 2. The van der Waals surface area contributed by atoms with Crippen molar-refractivity contribution in [3.8, 4) is 5.75 Å². The Morgan fingerprint density at radius 2 is 1.67 bits per heavy atom. The Morgan fingerprint density at radius 1 is 1.04 bits per heavy atom. The molecule has 0 heterocycles. The lowest BCUT2D eigenvalue weighted by Crippen LogP contribution is -2.33. The Hall–Kier alpha value is -2.38. The van der Waals surface area contributed by atoms with E-state index in [0.29, 0.717) is 5.56 Å². The van der Waals surface area contributed by atoms with Gasteiger partial charge in [0.05, 0.1) is 17.1 Å². The first-order valence-corrected chi connectivity index (χ1v) is 8.84. The maximum absolute atomic E-state index is 12.3. The van der Waals surface area contributed by atoms with Crippen LogP contribution in [0.3, 0.4) is 0 Å². The Balaban J connectivity index is 2.06. The van der Waals surface area contributed by atoms with E-state index in [-0.39, 0.29) is 16.3 Å². The van der Waals surface area contributed by atoms with Gasteiger partial charge in [0.1, 0.15) is 5.75 Å². The van der Waals surface area contributed by atoms with Crippen molar-refractivity contribution in [2.24, 2.45) is 0 Å². The first-order chi connectivity index (χ1) is 11.2. The van der Waals surface area contributed by atoms with Gasteiger partial charge in [-0.3, -0.25) is 4.79 Å². The van der Waals surface area contributed by atoms with Crippen LogP contribution >= 0.6 is 0 Å². The topological polar surface area (TPSA) is 95.5 Å². The highest BCUT2D eigenvalue weighted by Gasteiger charge is 2.18. The number of aromatic hydroxyl groups is 1. The summed E-state index contributed by atoms with van der Waals surface area (Å²) in [6.45, 7) is 4.87. The zero-order valence-electron chi connectivity index (χ0n) is 13.8. The van der Waals surface area contributed by atoms with Crippen molar-refractivity contribution in [3.63, 3.8) is 0 Å². The molecule has 0 fully saturated rings. The molecule has 0 unspecified atom stereocenters. The van der Waals surface area contributed by atoms with E-state index >= 15 is 0 Å². The van der Waals surface area contributed by atoms with E-state index in [1.807, 2.05) is 13.0 Å². The summed E-state index contributed by atoms with van der Waals surface area (Å²) >= 11 is 0. The lowest BCUT2D eigenvalue weighted by Gasteiger charge is -2.11. The van der Waals surface area contributed by atoms with E-state index in [0.717, 1.165) is 11.1 Å². The number of hydrogen-bond acceptors (Lipinski definition) is 4. The predicted molar refractivity (Wildman–Crippen MR) is 92.6 cm³/mol. The van der Waals surface area contributed by atoms with Crippen LogP contribution in [0, 0.1) is 20.8 Å². The Kier molecular flexibility index (Phi) is 5.26. The zero-order chi connectivity index (χ0) is 17.9. The molecular formula is C17H20N2O4S. The summed E-state index contributed by atoms with van der Waals surface area (Å²) in [6.07, 6.45) is 0. The molecule has 0 aliphatic heterocycles. The number of sulfonamides is 1. The van der Waals surface area contributed by atoms with Crippen molar-refractivity contribution in [2.45, 2.75) is 25.7 Å². The summed E-state index contributed by atoms with van der Waals surface area (Å²) in [7, 11) is -3.79. The second-order valence-corrected chi connectivity index (χ2v) is 7.40. The van der Waals surface area contributed by atoms with Gasteiger partial charge in [0.25, 0.3) is 0 Å². The largest absolute Gasteiger partial charge is 0.506 e. The van der Waals surface area contributed by atoms with Gasteiger partial charge in [-0.1, -0.05) is 18.2 Å². The molecular weight excluding hydrogens is 328 g/mol. The van der Waals surface area contributed by atoms with Gasteiger partial charge in [0.2, 0.25) is 15.9 Å². The Labute approximate surface area is 141 Å². The van der Waals surface area contributed by atoms with Crippen LogP contribution in [-0.2, 0) is 14.8 Å². The minimum atomic E-state index is -3.79. The summed E-state index contributed by atoms with van der Waals surface area (Å²) in [5, 5.41) is 12.2. The molecule has 24 heavy (non-hydrogen) atoms. The summed E-state index contributed by atoms with van der Waals surface area (Å²) in [5.41, 5.74) is 2.50. The summed E-state index contributed by atoms with van der Waals surface area (Å²) in [6, 6.07) is 9.89. The summed E-state index contributed by atoms with van der Waals surface area (Å²) < 4.78 is 26.9. The first-order valence-electron chi connectivity index (χ1n) is 7.35. The molecule has 0 aromatic heterocycles. The van der Waals surface area contributed by atoms with Crippen molar-refractivity contribution in [1.82, 2.24) is 4.72 Å². The van der Waals surface area contributed by atoms with Crippen LogP contribution < -0.4 is 10.0 Å². The van der Waals surface area contributed by atoms with E-state index < -0.39 is 22.5 Å². The maximum Gasteiger partial charge on any atom is 0.241 e. The van der Waals surface area contributed by atoms with Crippen molar-refractivity contribution in [2.75, 3.05) is 11.9 Å². The Bertz CT molecular complexity index is 876. The molecule has 6 nitrogen and oxygen atoms in total. The first kappa shape index (κ1) is 18.0. The molecule has 7 heteroatoms. The quantitative estimate of drug-likeness (QED) is 0.722. The fourth-order valence-corrected chi connectivity index (χ4v) is 3.49. The summed E-state index contributed by atoms with van der Waals surface area (Å²) in [5.74, 6) is -0.635. The lowest BCUT2D eigenvalue weighted by atomic mass is 10.2. The molecule has 0 saturated carbocycles. The minimum absolute atomic E-state index is 0.0688. The van der Waals surface area contributed by atoms with Crippen LogP contribution in [0.5, 0.6) is 5.75 Å².